The van der Waals surface area contributed by atoms with Gasteiger partial charge < -0.3 is 14.8 Å². The van der Waals surface area contributed by atoms with Crippen molar-refractivity contribution in [3.8, 4) is 0 Å². The van der Waals surface area contributed by atoms with E-state index in [2.05, 4.69) is 4.98 Å². The van der Waals surface area contributed by atoms with Crippen molar-refractivity contribution in [2.45, 2.75) is 37.2 Å². The van der Waals surface area contributed by atoms with Gasteiger partial charge in [-0.1, -0.05) is 55.9 Å². The molecule has 0 aliphatic carbocycles. The molecule has 23 heavy (non-hydrogen) atoms. The molecule has 2 aromatic rings. The summed E-state index contributed by atoms with van der Waals surface area (Å²) >= 11 is 1.38. The van der Waals surface area contributed by atoms with Crippen molar-refractivity contribution in [2.24, 2.45) is 0 Å². The first kappa shape index (κ1) is 17.1. The summed E-state index contributed by atoms with van der Waals surface area (Å²) in [7, 11) is 0. The quantitative estimate of drug-likeness (QED) is 0.755. The molecule has 1 aromatic heterocycles. The molecule has 1 aromatic carbocycles. The summed E-state index contributed by atoms with van der Waals surface area (Å²) in [4.78, 5) is 27.0. The maximum Gasteiger partial charge on any atom is 0.357 e. The minimum atomic E-state index is -1.33. The number of rotatable bonds is 7. The highest BCUT2D eigenvalue weighted by atomic mass is 32.2. The zero-order chi connectivity index (χ0) is 17.0. The van der Waals surface area contributed by atoms with E-state index in [-0.39, 0.29) is 17.5 Å². The Balaban J connectivity index is 2.54. The number of benzene rings is 1. The van der Waals surface area contributed by atoms with Gasteiger partial charge in [-0.2, -0.15) is 0 Å². The molecule has 0 fully saturated rings. The highest BCUT2D eigenvalue weighted by molar-refractivity contribution is 7.99. The highest BCUT2D eigenvalue weighted by Gasteiger charge is 2.27. The highest BCUT2D eigenvalue weighted by Crippen LogP contribution is 2.28. The average molecular weight is 334 g/mol. The largest absolute Gasteiger partial charge is 0.476 e. The summed E-state index contributed by atoms with van der Waals surface area (Å²) in [5.74, 6) is -2.62. The summed E-state index contributed by atoms with van der Waals surface area (Å²) in [5, 5.41) is 19.3. The van der Waals surface area contributed by atoms with E-state index in [1.165, 1.54) is 16.3 Å². The SMILES string of the molecule is CCC(C)Sc1nc(C(=O)O)c(C(=O)O)n1Cc1ccccc1. The van der Waals surface area contributed by atoms with Crippen LogP contribution in [0.2, 0.25) is 0 Å². The molecule has 2 N–H and O–H groups in total. The van der Waals surface area contributed by atoms with E-state index in [1.54, 1.807) is 0 Å². The van der Waals surface area contributed by atoms with Crippen molar-refractivity contribution in [1.82, 2.24) is 9.55 Å². The van der Waals surface area contributed by atoms with E-state index >= 15 is 0 Å². The minimum Gasteiger partial charge on any atom is -0.476 e. The van der Waals surface area contributed by atoms with E-state index < -0.39 is 17.6 Å². The number of carbonyl (C=O) groups is 2. The number of hydrogen-bond acceptors (Lipinski definition) is 4. The lowest BCUT2D eigenvalue weighted by molar-refractivity contribution is 0.0640. The summed E-state index contributed by atoms with van der Waals surface area (Å²) in [6.45, 7) is 4.27. The monoisotopic (exact) mass is 334 g/mol. The first-order valence-electron chi connectivity index (χ1n) is 7.21. The number of hydrogen-bond donors (Lipinski definition) is 2. The van der Waals surface area contributed by atoms with E-state index in [9.17, 15) is 19.8 Å². The molecule has 7 heteroatoms. The molecule has 0 amide bonds. The fourth-order valence-corrected chi connectivity index (χ4v) is 3.02. The van der Waals surface area contributed by atoms with Gasteiger partial charge in [0.25, 0.3) is 0 Å². The molecule has 2 rings (SSSR count). The Morgan fingerprint density at radius 1 is 1.22 bits per heavy atom. The Morgan fingerprint density at radius 2 is 1.87 bits per heavy atom. The van der Waals surface area contributed by atoms with E-state index in [4.69, 9.17) is 0 Å². The minimum absolute atomic E-state index is 0.204. The van der Waals surface area contributed by atoms with Crippen LogP contribution in [0.25, 0.3) is 0 Å². The van der Waals surface area contributed by atoms with Gasteiger partial charge in [0, 0.05) is 5.25 Å². The van der Waals surface area contributed by atoms with Crippen molar-refractivity contribution in [3.05, 3.63) is 47.3 Å². The van der Waals surface area contributed by atoms with Crippen LogP contribution >= 0.6 is 11.8 Å². The van der Waals surface area contributed by atoms with Crippen LogP contribution in [-0.4, -0.2) is 37.0 Å². The lowest BCUT2D eigenvalue weighted by Crippen LogP contribution is -2.14. The second kappa shape index (κ2) is 7.32. The molecule has 0 saturated heterocycles. The third-order valence-electron chi connectivity index (χ3n) is 3.40. The normalized spacial score (nSPS) is 12.1. The van der Waals surface area contributed by atoms with Crippen molar-refractivity contribution in [2.75, 3.05) is 0 Å². The number of nitrogens with zero attached hydrogens (tertiary/aromatic N) is 2. The van der Waals surface area contributed by atoms with Crippen molar-refractivity contribution >= 4 is 23.7 Å². The van der Waals surface area contributed by atoms with Crippen LogP contribution in [0.1, 0.15) is 46.8 Å². The van der Waals surface area contributed by atoms with Gasteiger partial charge in [0.05, 0.1) is 6.54 Å². The van der Waals surface area contributed by atoms with Crippen molar-refractivity contribution in [3.63, 3.8) is 0 Å². The van der Waals surface area contributed by atoms with Gasteiger partial charge in [-0.25, -0.2) is 14.6 Å². The van der Waals surface area contributed by atoms with Gasteiger partial charge in [-0.05, 0) is 12.0 Å². The fraction of sp³-hybridized carbons (Fsp3) is 0.312. The van der Waals surface area contributed by atoms with Crippen molar-refractivity contribution in [1.29, 1.82) is 0 Å². The van der Waals surface area contributed by atoms with Crippen LogP contribution in [0.15, 0.2) is 35.5 Å². The lowest BCUT2D eigenvalue weighted by Gasteiger charge is -2.12. The first-order valence-corrected chi connectivity index (χ1v) is 8.09. The molecule has 0 radical (unpaired) electrons. The van der Waals surface area contributed by atoms with E-state index in [0.29, 0.717) is 5.16 Å². The number of carboxylic acids is 2. The van der Waals surface area contributed by atoms with E-state index in [1.807, 2.05) is 44.2 Å². The van der Waals surface area contributed by atoms with Crippen LogP contribution in [0.3, 0.4) is 0 Å². The zero-order valence-electron chi connectivity index (χ0n) is 12.9. The molecular formula is C16H18N2O4S. The molecule has 0 bridgehead atoms. The van der Waals surface area contributed by atoms with Crippen LogP contribution < -0.4 is 0 Å². The Morgan fingerprint density at radius 3 is 2.39 bits per heavy atom. The predicted octanol–water partition coefficient (Wildman–Crippen LogP) is 3.22. The van der Waals surface area contributed by atoms with Crippen LogP contribution in [0.4, 0.5) is 0 Å². The molecule has 6 nitrogen and oxygen atoms in total. The lowest BCUT2D eigenvalue weighted by atomic mass is 10.2. The number of aromatic nitrogens is 2. The maximum absolute atomic E-state index is 11.6. The standard InChI is InChI=1S/C16H18N2O4S/c1-3-10(2)23-16-17-12(14(19)20)13(15(21)22)18(16)9-11-7-5-4-6-8-11/h4-8,10H,3,9H2,1-2H3,(H,19,20)(H,21,22). The van der Waals surface area contributed by atoms with Crippen molar-refractivity contribution < 1.29 is 19.8 Å². The molecule has 1 heterocycles. The molecule has 1 atom stereocenters. The van der Waals surface area contributed by atoms with Gasteiger partial charge in [0.2, 0.25) is 0 Å². The van der Waals surface area contributed by atoms with Crippen LogP contribution in [0.5, 0.6) is 0 Å². The number of carboxylic acid groups (broad SMARTS) is 2. The summed E-state index contributed by atoms with van der Waals surface area (Å²) in [5.41, 5.74) is 0.182. The van der Waals surface area contributed by atoms with Gasteiger partial charge >= 0.3 is 11.9 Å². The summed E-state index contributed by atoms with van der Waals surface area (Å²) in [6, 6.07) is 9.30. The van der Waals surface area contributed by atoms with Gasteiger partial charge in [0.1, 0.15) is 0 Å². The predicted molar refractivity (Wildman–Crippen MR) is 87.3 cm³/mol. The second-order valence-corrected chi connectivity index (χ2v) is 6.52. The second-order valence-electron chi connectivity index (χ2n) is 5.11. The molecular weight excluding hydrogens is 316 g/mol. The zero-order valence-corrected chi connectivity index (χ0v) is 13.7. The Labute approximate surface area is 138 Å². The number of thioether (sulfide) groups is 1. The topological polar surface area (TPSA) is 92.4 Å². The third kappa shape index (κ3) is 3.92. The van der Waals surface area contributed by atoms with Gasteiger partial charge in [-0.15, -0.1) is 0 Å². The van der Waals surface area contributed by atoms with Gasteiger partial charge in [0.15, 0.2) is 16.5 Å². The molecule has 0 saturated carbocycles. The first-order chi connectivity index (χ1) is 10.9. The number of aromatic carboxylic acids is 2. The van der Waals surface area contributed by atoms with Crippen LogP contribution in [0, 0.1) is 0 Å². The number of imidazole rings is 1. The smallest absolute Gasteiger partial charge is 0.357 e. The summed E-state index contributed by atoms with van der Waals surface area (Å²) in [6.07, 6.45) is 0.869. The molecule has 0 spiro atoms. The van der Waals surface area contributed by atoms with E-state index in [0.717, 1.165) is 12.0 Å². The van der Waals surface area contributed by atoms with Gasteiger partial charge in [-0.3, -0.25) is 0 Å². The Hall–Kier alpha value is -2.28. The average Bonchev–Trinajstić information content (AvgIpc) is 2.87. The Kier molecular flexibility index (Phi) is 5.44. The maximum atomic E-state index is 11.6. The van der Waals surface area contributed by atoms with Crippen LogP contribution in [-0.2, 0) is 6.54 Å². The molecule has 0 aliphatic heterocycles. The summed E-state index contributed by atoms with van der Waals surface area (Å²) < 4.78 is 1.47. The Bertz CT molecular complexity index is 712. The molecule has 1 unspecified atom stereocenters. The molecule has 122 valence electrons. The molecule has 0 aliphatic rings. The fourth-order valence-electron chi connectivity index (χ4n) is 2.06. The third-order valence-corrected chi connectivity index (χ3v) is 4.66.